The Bertz CT molecular complexity index is 551. The van der Waals surface area contributed by atoms with Crippen LogP contribution in [0.3, 0.4) is 0 Å². The molecule has 3 nitrogen and oxygen atoms in total. The molecule has 0 aliphatic heterocycles. The largest absolute Gasteiger partial charge is 0.333 e. The first kappa shape index (κ1) is 13.7. The van der Waals surface area contributed by atoms with Crippen LogP contribution in [-0.4, -0.2) is 16.6 Å². The maximum Gasteiger partial charge on any atom is 0.164 e. The highest BCUT2D eigenvalue weighted by atomic mass is 19.2. The van der Waals surface area contributed by atoms with Gasteiger partial charge in [0.2, 0.25) is 0 Å². The summed E-state index contributed by atoms with van der Waals surface area (Å²) in [7, 11) is 1.71. The molecule has 1 unspecified atom stereocenters. The Balaban J connectivity index is 2.44. The van der Waals surface area contributed by atoms with Crippen LogP contribution in [0.4, 0.5) is 8.78 Å². The van der Waals surface area contributed by atoms with E-state index in [1.807, 2.05) is 10.8 Å². The van der Waals surface area contributed by atoms with E-state index in [1.54, 1.807) is 19.3 Å². The SMILES string of the molecule is CCCn1ccnc1C(NC)c1cccc(F)c1F. The average Bonchev–Trinajstić information content (AvgIpc) is 2.84. The van der Waals surface area contributed by atoms with Gasteiger partial charge in [0.15, 0.2) is 11.6 Å². The third kappa shape index (κ3) is 2.66. The van der Waals surface area contributed by atoms with Gasteiger partial charge in [-0.2, -0.15) is 0 Å². The minimum atomic E-state index is -0.841. The number of aryl methyl sites for hydroxylation is 1. The van der Waals surface area contributed by atoms with Gasteiger partial charge in [0, 0.05) is 24.5 Å². The Kier molecular flexibility index (Phi) is 4.27. The van der Waals surface area contributed by atoms with Crippen molar-refractivity contribution in [3.63, 3.8) is 0 Å². The fraction of sp³-hybridized carbons (Fsp3) is 0.357. The van der Waals surface area contributed by atoms with Crippen molar-refractivity contribution >= 4 is 0 Å². The monoisotopic (exact) mass is 265 g/mol. The van der Waals surface area contributed by atoms with E-state index < -0.39 is 17.7 Å². The lowest BCUT2D eigenvalue weighted by molar-refractivity contribution is 0.477. The normalized spacial score (nSPS) is 12.6. The maximum absolute atomic E-state index is 13.9. The number of aromatic nitrogens is 2. The number of imidazole rings is 1. The van der Waals surface area contributed by atoms with Gasteiger partial charge >= 0.3 is 0 Å². The number of rotatable bonds is 5. The molecule has 0 aliphatic rings. The molecule has 0 bridgehead atoms. The molecule has 2 aromatic rings. The molecule has 1 atom stereocenters. The van der Waals surface area contributed by atoms with Gasteiger partial charge in [-0.15, -0.1) is 0 Å². The third-order valence-corrected chi connectivity index (χ3v) is 3.05. The lowest BCUT2D eigenvalue weighted by Gasteiger charge is -2.18. The summed E-state index contributed by atoms with van der Waals surface area (Å²) in [5, 5.41) is 3.00. The lowest BCUT2D eigenvalue weighted by atomic mass is 10.1. The molecule has 19 heavy (non-hydrogen) atoms. The van der Waals surface area contributed by atoms with Crippen molar-refractivity contribution in [3.8, 4) is 0 Å². The van der Waals surface area contributed by atoms with Crippen molar-refractivity contribution in [1.29, 1.82) is 0 Å². The molecule has 5 heteroatoms. The van der Waals surface area contributed by atoms with Crippen LogP contribution < -0.4 is 5.32 Å². The van der Waals surface area contributed by atoms with Crippen molar-refractivity contribution in [1.82, 2.24) is 14.9 Å². The molecule has 1 aromatic carbocycles. The minimum Gasteiger partial charge on any atom is -0.333 e. The fourth-order valence-corrected chi connectivity index (χ4v) is 2.18. The number of hydrogen-bond donors (Lipinski definition) is 1. The lowest BCUT2D eigenvalue weighted by Crippen LogP contribution is -2.23. The van der Waals surface area contributed by atoms with E-state index in [9.17, 15) is 8.78 Å². The summed E-state index contributed by atoms with van der Waals surface area (Å²) >= 11 is 0. The van der Waals surface area contributed by atoms with Crippen molar-refractivity contribution in [3.05, 3.63) is 53.6 Å². The zero-order chi connectivity index (χ0) is 13.8. The topological polar surface area (TPSA) is 29.9 Å². The van der Waals surface area contributed by atoms with E-state index in [2.05, 4.69) is 17.2 Å². The van der Waals surface area contributed by atoms with Crippen LogP contribution >= 0.6 is 0 Å². The number of halogens is 2. The highest BCUT2D eigenvalue weighted by Gasteiger charge is 2.22. The van der Waals surface area contributed by atoms with Crippen LogP contribution in [0.1, 0.15) is 30.8 Å². The molecule has 1 heterocycles. The quantitative estimate of drug-likeness (QED) is 0.901. The predicted octanol–water partition coefficient (Wildman–Crippen LogP) is 2.88. The Hall–Kier alpha value is -1.75. The molecule has 0 saturated carbocycles. The molecule has 0 spiro atoms. The molecule has 102 valence electrons. The van der Waals surface area contributed by atoms with E-state index in [4.69, 9.17) is 0 Å². The number of hydrogen-bond acceptors (Lipinski definition) is 2. The maximum atomic E-state index is 13.9. The van der Waals surface area contributed by atoms with Gasteiger partial charge < -0.3 is 9.88 Å². The van der Waals surface area contributed by atoms with Gasteiger partial charge in [0.25, 0.3) is 0 Å². The first-order valence-corrected chi connectivity index (χ1v) is 6.31. The van der Waals surface area contributed by atoms with Crippen LogP contribution in [0.25, 0.3) is 0 Å². The van der Waals surface area contributed by atoms with Crippen LogP contribution in [0.2, 0.25) is 0 Å². The fourth-order valence-electron chi connectivity index (χ4n) is 2.18. The van der Waals surface area contributed by atoms with Crippen LogP contribution in [-0.2, 0) is 6.54 Å². The van der Waals surface area contributed by atoms with Crippen molar-refractivity contribution in [2.75, 3.05) is 7.05 Å². The van der Waals surface area contributed by atoms with Gasteiger partial charge in [-0.1, -0.05) is 19.1 Å². The van der Waals surface area contributed by atoms with Gasteiger partial charge in [-0.25, -0.2) is 13.8 Å². The summed E-state index contributed by atoms with van der Waals surface area (Å²) in [6.45, 7) is 2.85. The van der Waals surface area contributed by atoms with Crippen LogP contribution in [0.15, 0.2) is 30.6 Å². The second-order valence-electron chi connectivity index (χ2n) is 4.34. The van der Waals surface area contributed by atoms with Gasteiger partial charge in [-0.05, 0) is 19.5 Å². The van der Waals surface area contributed by atoms with E-state index >= 15 is 0 Å². The second-order valence-corrected chi connectivity index (χ2v) is 4.34. The smallest absolute Gasteiger partial charge is 0.164 e. The molecule has 0 fully saturated rings. The highest BCUT2D eigenvalue weighted by Crippen LogP contribution is 2.24. The van der Waals surface area contributed by atoms with Gasteiger partial charge in [0.05, 0.1) is 6.04 Å². The van der Waals surface area contributed by atoms with E-state index in [0.29, 0.717) is 5.82 Å². The van der Waals surface area contributed by atoms with E-state index in [1.165, 1.54) is 6.07 Å². The average molecular weight is 265 g/mol. The molecule has 0 aliphatic carbocycles. The number of nitrogens with one attached hydrogen (secondary N) is 1. The number of benzene rings is 1. The summed E-state index contributed by atoms with van der Waals surface area (Å²) in [5.74, 6) is -0.979. The Labute approximate surface area is 111 Å². The first-order chi connectivity index (χ1) is 9.19. The molecule has 1 aromatic heterocycles. The Morgan fingerprint density at radius 3 is 2.84 bits per heavy atom. The molecular formula is C14H17F2N3. The highest BCUT2D eigenvalue weighted by molar-refractivity contribution is 5.27. The second kappa shape index (κ2) is 5.93. The van der Waals surface area contributed by atoms with Crippen molar-refractivity contribution in [2.24, 2.45) is 0 Å². The third-order valence-electron chi connectivity index (χ3n) is 3.05. The van der Waals surface area contributed by atoms with Crippen LogP contribution in [0, 0.1) is 11.6 Å². The standard InChI is InChI=1S/C14H17F2N3/c1-3-8-19-9-7-18-14(19)13(17-2)10-5-4-6-11(15)12(10)16/h4-7,9,13,17H,3,8H2,1-2H3. The predicted molar refractivity (Wildman–Crippen MR) is 69.8 cm³/mol. The summed E-state index contributed by atoms with van der Waals surface area (Å²) in [6.07, 6.45) is 4.47. The molecule has 0 saturated heterocycles. The van der Waals surface area contributed by atoms with E-state index in [0.717, 1.165) is 19.0 Å². The summed E-state index contributed by atoms with van der Waals surface area (Å²) < 4.78 is 29.2. The van der Waals surface area contributed by atoms with E-state index in [-0.39, 0.29) is 5.56 Å². The first-order valence-electron chi connectivity index (χ1n) is 6.31. The van der Waals surface area contributed by atoms with Crippen molar-refractivity contribution in [2.45, 2.75) is 25.9 Å². The van der Waals surface area contributed by atoms with Gasteiger partial charge in [0.1, 0.15) is 5.82 Å². The van der Waals surface area contributed by atoms with Crippen molar-refractivity contribution < 1.29 is 8.78 Å². The number of nitrogens with zero attached hydrogens (tertiary/aromatic N) is 2. The summed E-state index contributed by atoms with van der Waals surface area (Å²) in [4.78, 5) is 4.26. The molecular weight excluding hydrogens is 248 g/mol. The Morgan fingerprint density at radius 1 is 1.37 bits per heavy atom. The minimum absolute atomic E-state index is 0.269. The molecule has 2 rings (SSSR count). The zero-order valence-corrected chi connectivity index (χ0v) is 11.0. The Morgan fingerprint density at radius 2 is 2.16 bits per heavy atom. The summed E-state index contributed by atoms with van der Waals surface area (Å²) in [6, 6.07) is 3.73. The zero-order valence-electron chi connectivity index (χ0n) is 11.0. The summed E-state index contributed by atoms with van der Waals surface area (Å²) in [5.41, 5.74) is 0.269. The van der Waals surface area contributed by atoms with Gasteiger partial charge in [-0.3, -0.25) is 0 Å². The molecule has 1 N–H and O–H groups in total. The van der Waals surface area contributed by atoms with Crippen LogP contribution in [0.5, 0.6) is 0 Å². The molecule has 0 radical (unpaired) electrons. The molecule has 0 amide bonds.